The molecular formula is C26H32ClN3O3S. The Morgan fingerprint density at radius 1 is 1.21 bits per heavy atom. The molecule has 2 atom stereocenters. The van der Waals surface area contributed by atoms with Gasteiger partial charge in [0.1, 0.15) is 5.75 Å². The SMILES string of the molecule is COc1ccc2nccc(CCCC3CCN(CCSc4ccccn4)CC3C(=O)O)c2c1.Cl. The number of ether oxygens (including phenoxy) is 1. The Morgan fingerprint density at radius 2 is 2.09 bits per heavy atom. The van der Waals surface area contributed by atoms with E-state index >= 15 is 0 Å². The Hall–Kier alpha value is -2.35. The Morgan fingerprint density at radius 3 is 2.85 bits per heavy atom. The van der Waals surface area contributed by atoms with Crippen molar-refractivity contribution in [2.75, 3.05) is 32.5 Å². The molecule has 0 radical (unpaired) electrons. The summed E-state index contributed by atoms with van der Waals surface area (Å²) < 4.78 is 5.38. The van der Waals surface area contributed by atoms with Crippen molar-refractivity contribution in [1.82, 2.24) is 14.9 Å². The number of piperidine rings is 1. The van der Waals surface area contributed by atoms with Gasteiger partial charge in [-0.25, -0.2) is 4.98 Å². The van der Waals surface area contributed by atoms with E-state index in [1.165, 1.54) is 5.56 Å². The molecule has 0 saturated carbocycles. The van der Waals surface area contributed by atoms with Crippen LogP contribution in [0, 0.1) is 11.8 Å². The number of halogens is 1. The molecule has 6 nitrogen and oxygen atoms in total. The number of methoxy groups -OCH3 is 1. The molecule has 0 amide bonds. The summed E-state index contributed by atoms with van der Waals surface area (Å²) in [6.45, 7) is 2.49. The highest BCUT2D eigenvalue weighted by Gasteiger charge is 2.33. The van der Waals surface area contributed by atoms with Crippen LogP contribution in [0.5, 0.6) is 5.75 Å². The number of nitrogens with zero attached hydrogens (tertiary/aromatic N) is 3. The fourth-order valence-electron chi connectivity index (χ4n) is 4.69. The smallest absolute Gasteiger partial charge is 0.308 e. The molecule has 1 aromatic carbocycles. The second-order valence-corrected chi connectivity index (χ2v) is 9.67. The standard InChI is InChI=1S/C26H31N3O3S.ClH/c1-32-21-8-9-24-22(17-21)19(10-13-27-24)5-4-6-20-11-14-29(18-23(20)26(30)31)15-16-33-25-7-2-3-12-28-25;/h2-3,7-10,12-13,17,20,23H,4-6,11,14-16,18H2,1H3,(H,30,31);1H. The summed E-state index contributed by atoms with van der Waals surface area (Å²) in [5, 5.41) is 12.0. The maximum atomic E-state index is 12.0. The molecule has 34 heavy (non-hydrogen) atoms. The molecule has 1 saturated heterocycles. The highest BCUT2D eigenvalue weighted by atomic mass is 35.5. The molecule has 3 aromatic rings. The number of hydrogen-bond acceptors (Lipinski definition) is 6. The van der Waals surface area contributed by atoms with E-state index in [-0.39, 0.29) is 24.2 Å². The maximum absolute atomic E-state index is 12.0. The number of carbonyl (C=O) groups is 1. The molecule has 4 rings (SSSR count). The third-order valence-electron chi connectivity index (χ3n) is 6.51. The first-order valence-corrected chi connectivity index (χ1v) is 12.5. The summed E-state index contributed by atoms with van der Waals surface area (Å²) in [5.41, 5.74) is 2.21. The number of likely N-dealkylation sites (tertiary alicyclic amines) is 1. The average molecular weight is 502 g/mol. The number of rotatable bonds is 10. The molecule has 1 N–H and O–H groups in total. The zero-order valence-corrected chi connectivity index (χ0v) is 21.1. The molecule has 2 aromatic heterocycles. The predicted octanol–water partition coefficient (Wildman–Crippen LogP) is 5.20. The quantitative estimate of drug-likeness (QED) is 0.383. The highest BCUT2D eigenvalue weighted by molar-refractivity contribution is 7.99. The first-order valence-electron chi connectivity index (χ1n) is 11.5. The highest BCUT2D eigenvalue weighted by Crippen LogP contribution is 2.30. The Bertz CT molecular complexity index is 1070. The molecule has 1 aliphatic heterocycles. The lowest BCUT2D eigenvalue weighted by atomic mass is 9.81. The van der Waals surface area contributed by atoms with E-state index in [2.05, 4.69) is 20.9 Å². The lowest BCUT2D eigenvalue weighted by Gasteiger charge is -2.36. The number of aryl methyl sites for hydroxylation is 1. The lowest BCUT2D eigenvalue weighted by Crippen LogP contribution is -2.44. The first-order chi connectivity index (χ1) is 16.1. The van der Waals surface area contributed by atoms with Crippen molar-refractivity contribution in [3.63, 3.8) is 0 Å². The summed E-state index contributed by atoms with van der Waals surface area (Å²) in [6.07, 6.45) is 7.42. The van der Waals surface area contributed by atoms with Gasteiger partial charge < -0.3 is 14.7 Å². The molecule has 182 valence electrons. The summed E-state index contributed by atoms with van der Waals surface area (Å²) >= 11 is 1.73. The van der Waals surface area contributed by atoms with Gasteiger partial charge in [0.05, 0.1) is 23.6 Å². The summed E-state index contributed by atoms with van der Waals surface area (Å²) in [7, 11) is 1.67. The Kier molecular flexibility index (Phi) is 9.99. The second-order valence-electron chi connectivity index (χ2n) is 8.56. The topological polar surface area (TPSA) is 75.5 Å². The van der Waals surface area contributed by atoms with Crippen molar-refractivity contribution >= 4 is 41.0 Å². The Balaban J connectivity index is 0.00000324. The minimum absolute atomic E-state index is 0. The van der Waals surface area contributed by atoms with E-state index < -0.39 is 5.97 Å². The van der Waals surface area contributed by atoms with Gasteiger partial charge in [-0.1, -0.05) is 6.07 Å². The van der Waals surface area contributed by atoms with Crippen LogP contribution in [0.4, 0.5) is 0 Å². The van der Waals surface area contributed by atoms with Crippen LogP contribution in [-0.4, -0.2) is 58.4 Å². The van der Waals surface area contributed by atoms with Gasteiger partial charge in [0.2, 0.25) is 0 Å². The fraction of sp³-hybridized carbons (Fsp3) is 0.423. The fourth-order valence-corrected chi connectivity index (χ4v) is 5.56. The van der Waals surface area contributed by atoms with E-state index in [9.17, 15) is 9.90 Å². The van der Waals surface area contributed by atoms with Crippen molar-refractivity contribution in [3.05, 3.63) is 60.4 Å². The van der Waals surface area contributed by atoms with Gasteiger partial charge in [-0.15, -0.1) is 24.2 Å². The van der Waals surface area contributed by atoms with Crippen molar-refractivity contribution in [2.45, 2.75) is 30.7 Å². The van der Waals surface area contributed by atoms with E-state index in [1.54, 1.807) is 25.1 Å². The van der Waals surface area contributed by atoms with Gasteiger partial charge in [-0.05, 0) is 80.1 Å². The largest absolute Gasteiger partial charge is 0.497 e. The molecule has 0 bridgehead atoms. The van der Waals surface area contributed by atoms with Gasteiger partial charge in [0, 0.05) is 36.6 Å². The number of benzene rings is 1. The zero-order valence-electron chi connectivity index (χ0n) is 19.4. The number of carboxylic acid groups (broad SMARTS) is 1. The minimum Gasteiger partial charge on any atom is -0.497 e. The van der Waals surface area contributed by atoms with Crippen LogP contribution in [0.3, 0.4) is 0 Å². The van der Waals surface area contributed by atoms with Gasteiger partial charge in [0.25, 0.3) is 0 Å². The predicted molar refractivity (Wildman–Crippen MR) is 139 cm³/mol. The van der Waals surface area contributed by atoms with Crippen molar-refractivity contribution in [3.8, 4) is 5.75 Å². The molecule has 3 heterocycles. The monoisotopic (exact) mass is 501 g/mol. The minimum atomic E-state index is -0.666. The lowest BCUT2D eigenvalue weighted by molar-refractivity contribution is -0.146. The number of hydrogen-bond donors (Lipinski definition) is 1. The molecule has 0 aliphatic carbocycles. The molecule has 8 heteroatoms. The van der Waals surface area contributed by atoms with Gasteiger partial charge in [-0.2, -0.15) is 0 Å². The second kappa shape index (κ2) is 12.9. The van der Waals surface area contributed by atoms with Crippen LogP contribution in [0.25, 0.3) is 10.9 Å². The molecular weight excluding hydrogens is 470 g/mol. The summed E-state index contributed by atoms with van der Waals surface area (Å²) in [6, 6.07) is 13.9. The number of fused-ring (bicyclic) bond motifs is 1. The van der Waals surface area contributed by atoms with Crippen LogP contribution in [0.1, 0.15) is 24.8 Å². The third-order valence-corrected chi connectivity index (χ3v) is 7.44. The normalized spacial score (nSPS) is 18.4. The number of carboxylic acids is 1. The van der Waals surface area contributed by atoms with E-state index in [1.807, 2.05) is 42.6 Å². The van der Waals surface area contributed by atoms with E-state index in [0.717, 1.165) is 66.2 Å². The Labute approximate surface area is 211 Å². The van der Waals surface area contributed by atoms with Crippen LogP contribution in [0.2, 0.25) is 0 Å². The van der Waals surface area contributed by atoms with Gasteiger partial charge in [0.15, 0.2) is 0 Å². The van der Waals surface area contributed by atoms with Crippen molar-refractivity contribution in [1.29, 1.82) is 0 Å². The average Bonchev–Trinajstić information content (AvgIpc) is 2.85. The van der Waals surface area contributed by atoms with Gasteiger partial charge in [-0.3, -0.25) is 9.78 Å². The van der Waals surface area contributed by atoms with Crippen LogP contribution >= 0.6 is 24.2 Å². The molecule has 1 fully saturated rings. The number of aliphatic carboxylic acids is 1. The van der Waals surface area contributed by atoms with E-state index in [0.29, 0.717) is 6.54 Å². The number of thioether (sulfide) groups is 1. The summed E-state index contributed by atoms with van der Waals surface area (Å²) in [4.78, 5) is 23.1. The third kappa shape index (κ3) is 6.84. The zero-order chi connectivity index (χ0) is 23.0. The van der Waals surface area contributed by atoms with Gasteiger partial charge >= 0.3 is 5.97 Å². The number of pyridine rings is 2. The van der Waals surface area contributed by atoms with Crippen molar-refractivity contribution < 1.29 is 14.6 Å². The molecule has 2 unspecified atom stereocenters. The molecule has 1 aliphatic rings. The van der Waals surface area contributed by atoms with Crippen LogP contribution in [-0.2, 0) is 11.2 Å². The van der Waals surface area contributed by atoms with Crippen molar-refractivity contribution in [2.24, 2.45) is 11.8 Å². The van der Waals surface area contributed by atoms with Crippen LogP contribution < -0.4 is 4.74 Å². The maximum Gasteiger partial charge on any atom is 0.308 e. The van der Waals surface area contributed by atoms with Crippen LogP contribution in [0.15, 0.2) is 59.9 Å². The number of aromatic nitrogens is 2. The van der Waals surface area contributed by atoms with E-state index in [4.69, 9.17) is 4.74 Å². The first kappa shape index (κ1) is 26.3. The molecule has 0 spiro atoms. The summed E-state index contributed by atoms with van der Waals surface area (Å²) in [5.74, 6) is 1.02.